The Morgan fingerprint density at radius 3 is 1.57 bits per heavy atom. The van der Waals surface area contributed by atoms with E-state index in [-0.39, 0.29) is 0 Å². The number of fused-ring (bicyclic) bond motifs is 3. The molecule has 0 bridgehead atoms. The SMILES string of the molecule is N#Cc1ccc2c(c1)oc1cc(-c3cc(-c4cccnc4)cc(-c4nc(-c5ccccc5)nc(-c5ccc(-c6cccnc6)cc5)n4)c3)ccc12. The molecule has 0 aliphatic rings. The molecule has 4 heterocycles. The van der Waals surface area contributed by atoms with Gasteiger partial charge in [0.05, 0.1) is 11.6 Å². The number of benzene rings is 5. The summed E-state index contributed by atoms with van der Waals surface area (Å²) in [4.78, 5) is 23.7. The Morgan fingerprint density at radius 2 is 0.922 bits per heavy atom. The van der Waals surface area contributed by atoms with Crippen molar-refractivity contribution in [3.63, 3.8) is 0 Å². The Hall–Kier alpha value is -7.30. The van der Waals surface area contributed by atoms with E-state index >= 15 is 0 Å². The molecule has 9 rings (SSSR count). The van der Waals surface area contributed by atoms with E-state index in [1.165, 1.54) is 0 Å². The Labute approximate surface area is 293 Å². The molecule has 0 amide bonds. The van der Waals surface area contributed by atoms with Crippen LogP contribution in [-0.4, -0.2) is 24.9 Å². The Bertz CT molecular complexity index is 2740. The van der Waals surface area contributed by atoms with Gasteiger partial charge < -0.3 is 4.42 Å². The Morgan fingerprint density at radius 1 is 0.412 bits per heavy atom. The van der Waals surface area contributed by atoms with E-state index in [1.54, 1.807) is 18.5 Å². The fraction of sp³-hybridized carbons (Fsp3) is 0. The van der Waals surface area contributed by atoms with Crippen molar-refractivity contribution in [3.05, 3.63) is 164 Å². The molecule has 0 atom stereocenters. The lowest BCUT2D eigenvalue weighted by atomic mass is 9.95. The van der Waals surface area contributed by atoms with Crippen LogP contribution in [-0.2, 0) is 0 Å². The number of hydrogen-bond donors (Lipinski definition) is 0. The van der Waals surface area contributed by atoms with Crippen LogP contribution in [0.1, 0.15) is 5.56 Å². The van der Waals surface area contributed by atoms with Crippen LogP contribution in [0.3, 0.4) is 0 Å². The third-order valence-corrected chi connectivity index (χ3v) is 8.93. The maximum atomic E-state index is 9.41. The van der Waals surface area contributed by atoms with Crippen LogP contribution >= 0.6 is 0 Å². The first kappa shape index (κ1) is 29.8. The predicted octanol–water partition coefficient (Wildman–Crippen LogP) is 10.4. The molecule has 0 radical (unpaired) electrons. The first-order valence-corrected chi connectivity index (χ1v) is 16.4. The van der Waals surface area contributed by atoms with Gasteiger partial charge >= 0.3 is 0 Å². The zero-order valence-corrected chi connectivity index (χ0v) is 27.1. The molecule has 4 aromatic heterocycles. The van der Waals surface area contributed by atoms with Crippen LogP contribution in [0, 0.1) is 11.3 Å². The number of aromatic nitrogens is 5. The van der Waals surface area contributed by atoms with Gasteiger partial charge in [-0.05, 0) is 88.5 Å². The van der Waals surface area contributed by atoms with Crippen molar-refractivity contribution in [2.45, 2.75) is 0 Å². The van der Waals surface area contributed by atoms with Gasteiger partial charge in [-0.15, -0.1) is 0 Å². The molecule has 0 spiro atoms. The topological polar surface area (TPSA) is 101 Å². The largest absolute Gasteiger partial charge is 0.456 e. The molecule has 238 valence electrons. The Balaban J connectivity index is 1.21. The lowest BCUT2D eigenvalue weighted by Gasteiger charge is -2.12. The van der Waals surface area contributed by atoms with Crippen LogP contribution in [0.15, 0.2) is 163 Å². The summed E-state index contributed by atoms with van der Waals surface area (Å²) in [6.45, 7) is 0. The van der Waals surface area contributed by atoms with Crippen LogP contribution < -0.4 is 0 Å². The second-order valence-electron chi connectivity index (χ2n) is 12.2. The molecule has 9 aromatic rings. The summed E-state index contributed by atoms with van der Waals surface area (Å²) in [6, 6.07) is 46.4. The van der Waals surface area contributed by atoms with E-state index in [4.69, 9.17) is 19.4 Å². The molecule has 0 aliphatic carbocycles. The molecule has 0 aliphatic heterocycles. The maximum Gasteiger partial charge on any atom is 0.164 e. The number of hydrogen-bond acceptors (Lipinski definition) is 7. The molecule has 7 nitrogen and oxygen atoms in total. The van der Waals surface area contributed by atoms with Gasteiger partial charge in [-0.25, -0.2) is 15.0 Å². The second kappa shape index (κ2) is 12.6. The minimum atomic E-state index is 0.552. The first-order valence-electron chi connectivity index (χ1n) is 16.4. The van der Waals surface area contributed by atoms with Crippen molar-refractivity contribution in [1.82, 2.24) is 24.9 Å². The third-order valence-electron chi connectivity index (χ3n) is 8.93. The van der Waals surface area contributed by atoms with Gasteiger partial charge in [-0.3, -0.25) is 9.97 Å². The van der Waals surface area contributed by atoms with E-state index < -0.39 is 0 Å². The van der Waals surface area contributed by atoms with Crippen LogP contribution in [0.2, 0.25) is 0 Å². The minimum Gasteiger partial charge on any atom is -0.456 e. The normalized spacial score (nSPS) is 11.1. The van der Waals surface area contributed by atoms with Crippen molar-refractivity contribution in [2.24, 2.45) is 0 Å². The number of rotatable bonds is 6. The van der Waals surface area contributed by atoms with E-state index in [0.717, 1.165) is 66.4 Å². The lowest BCUT2D eigenvalue weighted by molar-refractivity contribution is 0.669. The van der Waals surface area contributed by atoms with Gasteiger partial charge in [0.25, 0.3) is 0 Å². The quantitative estimate of drug-likeness (QED) is 0.176. The average Bonchev–Trinajstić information content (AvgIpc) is 3.58. The van der Waals surface area contributed by atoms with Crippen LogP contribution in [0.25, 0.3) is 89.5 Å². The highest BCUT2D eigenvalue weighted by Gasteiger charge is 2.16. The van der Waals surface area contributed by atoms with Gasteiger partial charge in [0.15, 0.2) is 17.5 Å². The Kier molecular flexibility index (Phi) is 7.38. The fourth-order valence-electron chi connectivity index (χ4n) is 6.35. The van der Waals surface area contributed by atoms with E-state index in [0.29, 0.717) is 28.6 Å². The molecule has 51 heavy (non-hydrogen) atoms. The number of nitrogens with zero attached hydrogens (tertiary/aromatic N) is 6. The predicted molar refractivity (Wildman–Crippen MR) is 200 cm³/mol. The van der Waals surface area contributed by atoms with Crippen molar-refractivity contribution >= 4 is 21.9 Å². The number of pyridine rings is 2. The summed E-state index contributed by atoms with van der Waals surface area (Å²) in [6.07, 6.45) is 7.25. The average molecular weight is 655 g/mol. The summed E-state index contributed by atoms with van der Waals surface area (Å²) in [5, 5.41) is 11.4. The molecule has 0 unspecified atom stereocenters. The van der Waals surface area contributed by atoms with Crippen molar-refractivity contribution in [2.75, 3.05) is 0 Å². The molecule has 0 N–H and O–H groups in total. The number of nitriles is 1. The van der Waals surface area contributed by atoms with Crippen LogP contribution in [0.4, 0.5) is 0 Å². The minimum absolute atomic E-state index is 0.552. The molecule has 0 saturated heterocycles. The van der Waals surface area contributed by atoms with Gasteiger partial charge in [0, 0.05) is 57.8 Å². The molecule has 0 saturated carbocycles. The molecule has 0 fully saturated rings. The first-order chi connectivity index (χ1) is 25.2. The van der Waals surface area contributed by atoms with Gasteiger partial charge in [-0.2, -0.15) is 5.26 Å². The van der Waals surface area contributed by atoms with Crippen LogP contribution in [0.5, 0.6) is 0 Å². The highest BCUT2D eigenvalue weighted by Crippen LogP contribution is 2.37. The van der Waals surface area contributed by atoms with Gasteiger partial charge in [0.1, 0.15) is 11.2 Å². The van der Waals surface area contributed by atoms with E-state index in [9.17, 15) is 5.26 Å². The highest BCUT2D eigenvalue weighted by atomic mass is 16.3. The zero-order valence-electron chi connectivity index (χ0n) is 27.1. The fourth-order valence-corrected chi connectivity index (χ4v) is 6.35. The summed E-state index contributed by atoms with van der Waals surface area (Å²) >= 11 is 0. The molecular formula is C44H26N6O. The highest BCUT2D eigenvalue weighted by molar-refractivity contribution is 6.06. The molecule has 7 heteroatoms. The van der Waals surface area contributed by atoms with Crippen molar-refractivity contribution < 1.29 is 4.42 Å². The van der Waals surface area contributed by atoms with Crippen molar-refractivity contribution in [1.29, 1.82) is 5.26 Å². The van der Waals surface area contributed by atoms with Gasteiger partial charge in [-0.1, -0.05) is 72.8 Å². The summed E-state index contributed by atoms with van der Waals surface area (Å²) in [5.74, 6) is 1.71. The smallest absolute Gasteiger partial charge is 0.164 e. The lowest BCUT2D eigenvalue weighted by Crippen LogP contribution is -2.00. The van der Waals surface area contributed by atoms with Crippen molar-refractivity contribution in [3.8, 4) is 73.6 Å². The number of furan rings is 1. The third kappa shape index (κ3) is 5.77. The van der Waals surface area contributed by atoms with Gasteiger partial charge in [0.2, 0.25) is 0 Å². The summed E-state index contributed by atoms with van der Waals surface area (Å²) in [7, 11) is 0. The molecular weight excluding hydrogens is 629 g/mol. The summed E-state index contributed by atoms with van der Waals surface area (Å²) < 4.78 is 6.26. The standard InChI is InChI=1S/C44H26N6O/c45-25-28-10-16-38-39-17-15-32(24-41(39)51-40(38)20-28)35-21-36(34-9-5-19-47-27-34)23-37(22-35)44-49-42(30-6-2-1-3-7-30)48-43(50-44)31-13-11-29(12-14-31)33-8-4-18-46-26-33/h1-24,26-27H. The second-order valence-corrected chi connectivity index (χ2v) is 12.2. The molecule has 5 aromatic carbocycles. The zero-order chi connectivity index (χ0) is 34.1. The maximum absolute atomic E-state index is 9.41. The summed E-state index contributed by atoms with van der Waals surface area (Å²) in [5.41, 5.74) is 10.6. The van der Waals surface area contributed by atoms with E-state index in [2.05, 4.69) is 58.5 Å². The van der Waals surface area contributed by atoms with E-state index in [1.807, 2.05) is 97.3 Å². The monoisotopic (exact) mass is 654 g/mol.